The second kappa shape index (κ2) is 7.59. The van der Waals surface area contributed by atoms with Gasteiger partial charge >= 0.3 is 0 Å². The Hall–Kier alpha value is -1.14. The van der Waals surface area contributed by atoms with E-state index >= 15 is 0 Å². The first-order chi connectivity index (χ1) is 9.40. The third-order valence-electron chi connectivity index (χ3n) is 3.30. The maximum atomic E-state index is 13.5. The van der Waals surface area contributed by atoms with Crippen molar-refractivity contribution in [1.82, 2.24) is 5.32 Å². The van der Waals surface area contributed by atoms with Crippen molar-refractivity contribution in [1.29, 1.82) is 0 Å². The number of hydrogen-bond donors (Lipinski definition) is 2. The van der Waals surface area contributed by atoms with Crippen molar-refractivity contribution in [2.45, 2.75) is 32.2 Å². The van der Waals surface area contributed by atoms with E-state index in [2.05, 4.69) is 21.2 Å². The molecule has 0 fully saturated rings. The van der Waals surface area contributed by atoms with Gasteiger partial charge in [0.15, 0.2) is 18.2 Å². The Kier molecular flexibility index (Phi) is 6.42. The van der Waals surface area contributed by atoms with Crippen LogP contribution >= 0.6 is 15.9 Å². The molecule has 3 N–H and O–H groups in total. The fraction of sp³-hybridized carbons (Fsp3) is 0.500. The topological polar surface area (TPSA) is 64.3 Å². The Labute approximate surface area is 127 Å². The molecule has 0 unspecified atom stereocenters. The van der Waals surface area contributed by atoms with Gasteiger partial charge in [-0.15, -0.1) is 0 Å². The van der Waals surface area contributed by atoms with Crippen LogP contribution in [0.25, 0.3) is 0 Å². The zero-order valence-corrected chi connectivity index (χ0v) is 13.3. The molecule has 20 heavy (non-hydrogen) atoms. The zero-order valence-electron chi connectivity index (χ0n) is 11.7. The van der Waals surface area contributed by atoms with E-state index in [9.17, 15) is 9.18 Å². The average Bonchev–Trinajstić information content (AvgIpc) is 2.44. The minimum atomic E-state index is -0.512. The number of nitrogens with one attached hydrogen (secondary N) is 1. The van der Waals surface area contributed by atoms with Gasteiger partial charge in [-0.25, -0.2) is 4.39 Å². The summed E-state index contributed by atoms with van der Waals surface area (Å²) < 4.78 is 19.2. The fourth-order valence-electron chi connectivity index (χ4n) is 1.56. The summed E-state index contributed by atoms with van der Waals surface area (Å²) in [4.78, 5) is 11.6. The van der Waals surface area contributed by atoms with E-state index in [4.69, 9.17) is 10.5 Å². The highest BCUT2D eigenvalue weighted by atomic mass is 79.9. The average molecular weight is 347 g/mol. The zero-order chi connectivity index (χ0) is 15.2. The third-order valence-corrected chi connectivity index (χ3v) is 3.79. The summed E-state index contributed by atoms with van der Waals surface area (Å²) in [5.41, 5.74) is 5.67. The van der Waals surface area contributed by atoms with Crippen LogP contribution in [0.15, 0.2) is 22.7 Å². The number of carbonyl (C=O) groups excluding carboxylic acids is 1. The molecule has 1 rings (SSSR count). The van der Waals surface area contributed by atoms with Crippen LogP contribution in [0.4, 0.5) is 4.39 Å². The van der Waals surface area contributed by atoms with Crippen molar-refractivity contribution in [3.63, 3.8) is 0 Å². The first-order valence-corrected chi connectivity index (χ1v) is 7.33. The smallest absolute Gasteiger partial charge is 0.258 e. The normalized spacial score (nSPS) is 11.2. The molecule has 4 nitrogen and oxygen atoms in total. The molecule has 0 aliphatic rings. The number of nitrogens with two attached hydrogens (primary N) is 1. The second-order valence-electron chi connectivity index (χ2n) is 4.71. The Balaban J connectivity index is 2.44. The SMILES string of the molecule is CCC(N)(CC)CNC(=O)COc1ccc(Br)cc1F. The summed E-state index contributed by atoms with van der Waals surface area (Å²) in [7, 11) is 0. The van der Waals surface area contributed by atoms with Gasteiger partial charge in [-0.3, -0.25) is 4.79 Å². The molecular formula is C14H20BrFN2O2. The van der Waals surface area contributed by atoms with E-state index in [1.165, 1.54) is 12.1 Å². The van der Waals surface area contributed by atoms with Gasteiger partial charge in [-0.2, -0.15) is 0 Å². The van der Waals surface area contributed by atoms with E-state index in [0.717, 1.165) is 12.8 Å². The predicted octanol–water partition coefficient (Wildman–Crippen LogP) is 2.60. The summed E-state index contributed by atoms with van der Waals surface area (Å²) in [6.45, 7) is 4.10. The molecule has 0 saturated carbocycles. The van der Waals surface area contributed by atoms with Crippen LogP contribution in [0, 0.1) is 5.82 Å². The van der Waals surface area contributed by atoms with E-state index in [0.29, 0.717) is 11.0 Å². The molecule has 0 saturated heterocycles. The molecule has 0 atom stereocenters. The van der Waals surface area contributed by atoms with Gasteiger partial charge in [0, 0.05) is 16.6 Å². The summed E-state index contributed by atoms with van der Waals surface area (Å²) in [6.07, 6.45) is 1.54. The van der Waals surface area contributed by atoms with Gasteiger partial charge in [0.1, 0.15) is 0 Å². The Morgan fingerprint density at radius 1 is 1.45 bits per heavy atom. The number of hydrogen-bond acceptors (Lipinski definition) is 3. The lowest BCUT2D eigenvalue weighted by Gasteiger charge is -2.26. The molecule has 0 aliphatic heterocycles. The van der Waals surface area contributed by atoms with Crippen LogP contribution in [0.5, 0.6) is 5.75 Å². The third kappa shape index (κ3) is 5.09. The Morgan fingerprint density at radius 2 is 2.10 bits per heavy atom. The Bertz CT molecular complexity index is 464. The van der Waals surface area contributed by atoms with E-state index in [1.807, 2.05) is 13.8 Å². The van der Waals surface area contributed by atoms with Crippen LogP contribution in [0.3, 0.4) is 0 Å². The van der Waals surface area contributed by atoms with Crippen molar-refractivity contribution in [3.05, 3.63) is 28.5 Å². The van der Waals surface area contributed by atoms with Crippen LogP contribution in [-0.4, -0.2) is 24.6 Å². The maximum Gasteiger partial charge on any atom is 0.258 e. The largest absolute Gasteiger partial charge is 0.481 e. The number of benzene rings is 1. The summed E-state index contributed by atoms with van der Waals surface area (Å²) in [6, 6.07) is 4.40. The standard InChI is InChI=1S/C14H20BrFN2O2/c1-3-14(17,4-2)9-18-13(19)8-20-12-6-5-10(15)7-11(12)16/h5-7H,3-4,8-9,17H2,1-2H3,(H,18,19). The fourth-order valence-corrected chi connectivity index (χ4v) is 1.89. The van der Waals surface area contributed by atoms with Crippen molar-refractivity contribution in [3.8, 4) is 5.75 Å². The molecule has 0 spiro atoms. The highest BCUT2D eigenvalue weighted by Gasteiger charge is 2.20. The lowest BCUT2D eigenvalue weighted by atomic mass is 9.94. The van der Waals surface area contributed by atoms with E-state index in [1.54, 1.807) is 6.07 Å². The van der Waals surface area contributed by atoms with Gasteiger partial charge in [0.2, 0.25) is 0 Å². The number of ether oxygens (including phenoxy) is 1. The first-order valence-electron chi connectivity index (χ1n) is 6.53. The number of amides is 1. The molecule has 112 valence electrons. The molecule has 6 heteroatoms. The van der Waals surface area contributed by atoms with Gasteiger partial charge in [0.05, 0.1) is 0 Å². The highest BCUT2D eigenvalue weighted by molar-refractivity contribution is 9.10. The molecule has 0 heterocycles. The molecular weight excluding hydrogens is 327 g/mol. The quantitative estimate of drug-likeness (QED) is 0.797. The van der Waals surface area contributed by atoms with Gasteiger partial charge in [0.25, 0.3) is 5.91 Å². The van der Waals surface area contributed by atoms with Gasteiger partial charge in [-0.05, 0) is 31.0 Å². The molecule has 1 amide bonds. The lowest BCUT2D eigenvalue weighted by molar-refractivity contribution is -0.123. The van der Waals surface area contributed by atoms with Crippen LogP contribution in [-0.2, 0) is 4.79 Å². The minimum Gasteiger partial charge on any atom is -0.481 e. The van der Waals surface area contributed by atoms with Crippen LogP contribution in [0.2, 0.25) is 0 Å². The molecule has 1 aromatic rings. The molecule has 1 aromatic carbocycles. The van der Waals surface area contributed by atoms with Gasteiger partial charge in [-0.1, -0.05) is 29.8 Å². The lowest BCUT2D eigenvalue weighted by Crippen LogP contribution is -2.50. The van der Waals surface area contributed by atoms with Crippen molar-refractivity contribution < 1.29 is 13.9 Å². The number of rotatable bonds is 7. The molecule has 0 aliphatic carbocycles. The predicted molar refractivity (Wildman–Crippen MR) is 80.1 cm³/mol. The van der Waals surface area contributed by atoms with Crippen LogP contribution in [0.1, 0.15) is 26.7 Å². The minimum absolute atomic E-state index is 0.0494. The van der Waals surface area contributed by atoms with E-state index < -0.39 is 11.4 Å². The second-order valence-corrected chi connectivity index (χ2v) is 5.63. The summed E-state index contributed by atoms with van der Waals surface area (Å²) >= 11 is 3.15. The summed E-state index contributed by atoms with van der Waals surface area (Å²) in [5, 5.41) is 2.71. The van der Waals surface area contributed by atoms with Gasteiger partial charge < -0.3 is 15.8 Å². The Morgan fingerprint density at radius 3 is 2.65 bits per heavy atom. The number of carbonyl (C=O) groups is 1. The first kappa shape index (κ1) is 16.9. The van der Waals surface area contributed by atoms with Crippen molar-refractivity contribution in [2.75, 3.05) is 13.2 Å². The molecule has 0 radical (unpaired) electrons. The van der Waals surface area contributed by atoms with Crippen LogP contribution < -0.4 is 15.8 Å². The van der Waals surface area contributed by atoms with Crippen molar-refractivity contribution >= 4 is 21.8 Å². The van der Waals surface area contributed by atoms with E-state index in [-0.39, 0.29) is 18.3 Å². The summed E-state index contributed by atoms with van der Waals surface area (Å²) in [5.74, 6) is -0.778. The van der Waals surface area contributed by atoms with Crippen molar-refractivity contribution in [2.24, 2.45) is 5.73 Å². The maximum absolute atomic E-state index is 13.5. The number of halogens is 2. The highest BCUT2D eigenvalue weighted by Crippen LogP contribution is 2.21. The molecule has 0 aromatic heterocycles. The monoisotopic (exact) mass is 346 g/mol. The molecule has 0 bridgehead atoms.